The normalized spacial score (nSPS) is 50.3. The molecule has 0 spiro atoms. The van der Waals surface area contributed by atoms with Crippen LogP contribution in [0, 0.1) is 0 Å². The van der Waals surface area contributed by atoms with Crippen molar-refractivity contribution in [2.75, 3.05) is 33.0 Å². The minimum Gasteiger partial charge on any atom is -0.394 e. The van der Waals surface area contributed by atoms with E-state index in [2.05, 4.69) is 10.6 Å². The van der Waals surface area contributed by atoms with E-state index in [0.29, 0.717) is 0 Å². The number of aliphatic hydroxyl groups is 17. The molecule has 0 bridgehead atoms. The highest BCUT2D eigenvalue weighted by molar-refractivity contribution is 5.73. The first kappa shape index (κ1) is 59.1. The van der Waals surface area contributed by atoms with Gasteiger partial charge in [-0.25, -0.2) is 0 Å². The average Bonchev–Trinajstić information content (AvgIpc) is 3.34. The highest BCUT2D eigenvalue weighted by atomic mass is 16.8. The number of hydrogen-bond donors (Lipinski definition) is 19. The Morgan fingerprint density at radius 1 is 0.361 bits per heavy atom. The lowest BCUT2D eigenvalue weighted by atomic mass is 9.93. The van der Waals surface area contributed by atoms with Crippen molar-refractivity contribution >= 4 is 11.8 Å². The second kappa shape index (κ2) is 25.3. The minimum atomic E-state index is -2.19. The fourth-order valence-corrected chi connectivity index (χ4v) is 9.23. The van der Waals surface area contributed by atoms with Crippen molar-refractivity contribution in [1.29, 1.82) is 0 Å². The Morgan fingerprint density at radius 2 is 0.778 bits per heavy atom. The van der Waals surface area contributed by atoms with Crippen LogP contribution in [-0.2, 0) is 61.7 Å². The number of rotatable bonds is 17. The monoisotopic (exact) mass is 1060 g/mol. The van der Waals surface area contributed by atoms with Gasteiger partial charge in [-0.1, -0.05) is 0 Å². The molecule has 6 fully saturated rings. The molecule has 0 saturated carbocycles. The Balaban J connectivity index is 1.37. The van der Waals surface area contributed by atoms with Crippen molar-refractivity contribution in [1.82, 2.24) is 10.6 Å². The molecule has 0 aromatic carbocycles. The number of hydrogen-bond acceptors (Lipinski definition) is 30. The lowest BCUT2D eigenvalue weighted by molar-refractivity contribution is -0.401. The summed E-state index contributed by atoms with van der Waals surface area (Å²) in [6.45, 7) is -1.67. The molecule has 19 N–H and O–H groups in total. The molecule has 2 amide bonds. The standard InChI is InChI=1S/C40H68N2O30/c1-9-19(50)25(56)28(59)38(62-9)72-34-33(71-36-17(41-10(2)48)24(55)20(51)12(4-43)64-36)23(54)15(7-46)67-40(34)69-31-18(42-11(3)49)37(65-13(5-44)21(31)52)70-32-22(53)14(6-45)66-39(29(32)60)68-30-16(8-47)63-35(61)27(58)26(30)57/h9,12-40,43-47,50-61H,4-8H2,1-3H3,(H,41,48)(H,42,49)/t9-,12+,13+,14+,15+,16+,17+,18+,19+,20+,21+,22-,23-,24+,25+,26+,27+,28-,29+,30+,31+,32-,33-,34+,35-,36+,37-,38-,39-,40-/m0/s1. The fraction of sp³-hybridized carbons (Fsp3) is 0.950. The van der Waals surface area contributed by atoms with Crippen molar-refractivity contribution in [2.45, 2.75) is 205 Å². The zero-order chi connectivity index (χ0) is 53.2. The molecule has 6 rings (SSSR count). The molecular formula is C40H68N2O30. The van der Waals surface area contributed by atoms with Crippen LogP contribution in [0.2, 0.25) is 0 Å². The van der Waals surface area contributed by atoms with Crippen molar-refractivity contribution in [3.05, 3.63) is 0 Å². The summed E-state index contributed by atoms with van der Waals surface area (Å²) in [7, 11) is 0. The van der Waals surface area contributed by atoms with E-state index in [1.54, 1.807) is 0 Å². The van der Waals surface area contributed by atoms with E-state index in [4.69, 9.17) is 52.1 Å². The Hall–Kier alpha value is -2.18. The lowest BCUT2D eigenvalue weighted by Gasteiger charge is -2.52. The summed E-state index contributed by atoms with van der Waals surface area (Å²) in [6, 6.07) is -3.54. The Bertz CT molecular complexity index is 1730. The quantitative estimate of drug-likeness (QED) is 0.0643. The van der Waals surface area contributed by atoms with Gasteiger partial charge in [0.1, 0.15) is 140 Å². The van der Waals surface area contributed by atoms with E-state index >= 15 is 0 Å². The number of ether oxygens (including phenoxy) is 11. The summed E-state index contributed by atoms with van der Waals surface area (Å²) >= 11 is 0. The maximum absolute atomic E-state index is 13.0. The van der Waals surface area contributed by atoms with Gasteiger partial charge in [0, 0.05) is 13.8 Å². The van der Waals surface area contributed by atoms with Gasteiger partial charge in [0.15, 0.2) is 37.7 Å². The number of carbonyl (C=O) groups excluding carboxylic acids is 2. The van der Waals surface area contributed by atoms with Crippen LogP contribution < -0.4 is 10.6 Å². The van der Waals surface area contributed by atoms with Gasteiger partial charge < -0.3 is 150 Å². The molecule has 72 heavy (non-hydrogen) atoms. The maximum Gasteiger partial charge on any atom is 0.217 e. The van der Waals surface area contributed by atoms with E-state index in [9.17, 15) is 96.4 Å². The zero-order valence-corrected chi connectivity index (χ0v) is 38.8. The molecule has 0 radical (unpaired) electrons. The molecule has 30 atom stereocenters. The first-order valence-corrected chi connectivity index (χ1v) is 23.0. The van der Waals surface area contributed by atoms with Crippen molar-refractivity contribution in [3.63, 3.8) is 0 Å². The summed E-state index contributed by atoms with van der Waals surface area (Å²) in [5.41, 5.74) is 0. The molecule has 6 aliphatic rings. The van der Waals surface area contributed by atoms with E-state index in [1.165, 1.54) is 6.92 Å². The highest BCUT2D eigenvalue weighted by Crippen LogP contribution is 2.38. The van der Waals surface area contributed by atoms with Crippen LogP contribution in [0.3, 0.4) is 0 Å². The molecule has 0 unspecified atom stereocenters. The van der Waals surface area contributed by atoms with E-state index < -0.39 is 229 Å². The van der Waals surface area contributed by atoms with Crippen LogP contribution in [0.4, 0.5) is 0 Å². The predicted molar refractivity (Wildman–Crippen MR) is 221 cm³/mol. The molecule has 418 valence electrons. The van der Waals surface area contributed by atoms with Crippen molar-refractivity contribution in [2.24, 2.45) is 0 Å². The van der Waals surface area contributed by atoms with Gasteiger partial charge >= 0.3 is 0 Å². The Kier molecular flexibility index (Phi) is 20.8. The van der Waals surface area contributed by atoms with Gasteiger partial charge in [-0.3, -0.25) is 9.59 Å². The Labute approximate surface area is 408 Å². The predicted octanol–water partition coefficient (Wildman–Crippen LogP) is -12.8. The zero-order valence-electron chi connectivity index (χ0n) is 38.8. The van der Waals surface area contributed by atoms with Crippen molar-refractivity contribution in [3.8, 4) is 0 Å². The summed E-state index contributed by atoms with van der Waals surface area (Å²) < 4.78 is 64.1. The third kappa shape index (κ3) is 12.5. The van der Waals surface area contributed by atoms with Crippen LogP contribution in [0.1, 0.15) is 20.8 Å². The third-order valence-corrected chi connectivity index (χ3v) is 13.2. The largest absolute Gasteiger partial charge is 0.394 e. The van der Waals surface area contributed by atoms with Gasteiger partial charge in [0.2, 0.25) is 11.8 Å². The molecule has 0 aliphatic carbocycles. The van der Waals surface area contributed by atoms with E-state index in [0.717, 1.165) is 13.8 Å². The van der Waals surface area contributed by atoms with Crippen LogP contribution in [-0.4, -0.2) is 316 Å². The smallest absolute Gasteiger partial charge is 0.217 e. The number of amides is 2. The first-order valence-electron chi connectivity index (χ1n) is 23.0. The second-order valence-electron chi connectivity index (χ2n) is 18.2. The molecule has 32 heteroatoms. The highest BCUT2D eigenvalue weighted by Gasteiger charge is 2.59. The van der Waals surface area contributed by atoms with Gasteiger partial charge in [0.25, 0.3) is 0 Å². The van der Waals surface area contributed by atoms with Crippen molar-refractivity contribution < 1.29 is 149 Å². The molecule has 6 aliphatic heterocycles. The van der Waals surface area contributed by atoms with Gasteiger partial charge in [0.05, 0.1) is 39.1 Å². The van der Waals surface area contributed by atoms with Gasteiger partial charge in [-0.15, -0.1) is 0 Å². The SMILES string of the molecule is CC(=O)N[C@H]1[C@@H](O[C@H]2[C@@H](O)[C@@H](CO)O[C@@H](O[C@H]3[C@H](O)[C@@H](CO)O[C@@H](O[C@H]4[C@@H](O)[C@@H](CO)O[C@@H](O[C@H]5[C@H](O)[C@@H](O)[C@@H](O)O[C@@H]5CO)[C@@H]4O)[C@@H]3NC(C)=O)[C@@H]2O[C@@H]2O[C@@H](C)[C@@H](O)[C@@H](O)[C@@H]2O)O[C@H](CO)[C@@H](O)[C@@H]1O. The van der Waals surface area contributed by atoms with Gasteiger partial charge in [-0.2, -0.15) is 0 Å². The molecule has 6 saturated heterocycles. The third-order valence-electron chi connectivity index (χ3n) is 13.2. The second-order valence-corrected chi connectivity index (χ2v) is 18.2. The number of aliphatic hydroxyl groups excluding tert-OH is 17. The fourth-order valence-electron chi connectivity index (χ4n) is 9.23. The van der Waals surface area contributed by atoms with Gasteiger partial charge in [-0.05, 0) is 6.92 Å². The summed E-state index contributed by atoms with van der Waals surface area (Å²) in [5.74, 6) is -1.69. The summed E-state index contributed by atoms with van der Waals surface area (Å²) in [6.07, 6.45) is -53.5. The number of carbonyl (C=O) groups is 2. The molecule has 6 heterocycles. The average molecular weight is 1060 g/mol. The molecular weight excluding hydrogens is 988 g/mol. The first-order chi connectivity index (χ1) is 34.0. The van der Waals surface area contributed by atoms with Crippen LogP contribution >= 0.6 is 0 Å². The lowest BCUT2D eigenvalue weighted by Crippen LogP contribution is -2.71. The Morgan fingerprint density at radius 3 is 1.33 bits per heavy atom. The van der Waals surface area contributed by atoms with Crippen LogP contribution in [0.15, 0.2) is 0 Å². The number of nitrogens with one attached hydrogen (secondary N) is 2. The van der Waals surface area contributed by atoms with Crippen LogP contribution in [0.25, 0.3) is 0 Å². The summed E-state index contributed by atoms with van der Waals surface area (Å²) in [4.78, 5) is 25.3. The van der Waals surface area contributed by atoms with E-state index in [-0.39, 0.29) is 0 Å². The topological polar surface area (TPSA) is 504 Å². The van der Waals surface area contributed by atoms with Crippen LogP contribution in [0.5, 0.6) is 0 Å². The van der Waals surface area contributed by atoms with E-state index in [1.807, 2.05) is 0 Å². The molecule has 0 aromatic rings. The maximum atomic E-state index is 13.0. The minimum absolute atomic E-state index is 0.794. The summed E-state index contributed by atoms with van der Waals surface area (Å²) in [5, 5.41) is 187. The molecule has 32 nitrogen and oxygen atoms in total. The molecule has 0 aromatic heterocycles.